The molecular formula is C10H15NO. The first kappa shape index (κ1) is 7.87. The summed E-state index contributed by atoms with van der Waals surface area (Å²) >= 11 is 0. The molecule has 12 heavy (non-hydrogen) atoms. The molecule has 1 atom stereocenters. The van der Waals surface area contributed by atoms with Crippen LogP contribution in [0.1, 0.15) is 36.3 Å². The van der Waals surface area contributed by atoms with Gasteiger partial charge in [-0.15, -0.1) is 0 Å². The second kappa shape index (κ2) is 2.94. The van der Waals surface area contributed by atoms with Gasteiger partial charge in [0.1, 0.15) is 11.5 Å². The predicted molar refractivity (Wildman–Crippen MR) is 48.2 cm³/mol. The largest absolute Gasteiger partial charge is 0.466 e. The van der Waals surface area contributed by atoms with Crippen molar-refractivity contribution < 1.29 is 4.42 Å². The van der Waals surface area contributed by atoms with Crippen LogP contribution >= 0.6 is 0 Å². The smallest absolute Gasteiger partial charge is 0.107 e. The molecule has 66 valence electrons. The Morgan fingerprint density at radius 2 is 2.50 bits per heavy atom. The molecule has 0 fully saturated rings. The fourth-order valence-corrected chi connectivity index (χ4v) is 1.92. The molecule has 2 rings (SSSR count). The van der Waals surface area contributed by atoms with Crippen LogP contribution in [0.2, 0.25) is 0 Å². The second-order valence-corrected chi connectivity index (χ2v) is 3.42. The summed E-state index contributed by atoms with van der Waals surface area (Å²) in [6.45, 7) is 2.88. The van der Waals surface area contributed by atoms with Crippen LogP contribution in [0.5, 0.6) is 0 Å². The average Bonchev–Trinajstić information content (AvgIpc) is 2.61. The van der Waals surface area contributed by atoms with E-state index in [-0.39, 0.29) is 0 Å². The lowest BCUT2D eigenvalue weighted by atomic mass is 10.0. The zero-order valence-corrected chi connectivity index (χ0v) is 7.47. The molecule has 0 saturated heterocycles. The number of fused-ring (bicyclic) bond motifs is 1. The van der Waals surface area contributed by atoms with Gasteiger partial charge in [-0.25, -0.2) is 0 Å². The molecule has 0 saturated carbocycles. The monoisotopic (exact) mass is 165 g/mol. The Morgan fingerprint density at radius 1 is 1.67 bits per heavy atom. The Labute approximate surface area is 72.7 Å². The fourth-order valence-electron chi connectivity index (χ4n) is 1.92. The maximum absolute atomic E-state index is 5.66. The summed E-state index contributed by atoms with van der Waals surface area (Å²) in [5.74, 6) is 2.85. The van der Waals surface area contributed by atoms with Gasteiger partial charge in [0.15, 0.2) is 0 Å². The second-order valence-electron chi connectivity index (χ2n) is 3.42. The first-order valence-electron chi connectivity index (χ1n) is 4.66. The summed E-state index contributed by atoms with van der Waals surface area (Å²) in [6, 6.07) is 2.18. The number of aryl methyl sites for hydroxylation is 2. The molecule has 0 spiro atoms. The van der Waals surface area contributed by atoms with Gasteiger partial charge in [-0.3, -0.25) is 0 Å². The van der Waals surface area contributed by atoms with E-state index in [9.17, 15) is 0 Å². The minimum atomic E-state index is 0.559. The van der Waals surface area contributed by atoms with Gasteiger partial charge in [-0.2, -0.15) is 0 Å². The van der Waals surface area contributed by atoms with Gasteiger partial charge in [0.05, 0.1) is 0 Å². The van der Waals surface area contributed by atoms with Gasteiger partial charge in [0.25, 0.3) is 0 Å². The van der Waals surface area contributed by atoms with E-state index >= 15 is 0 Å². The Kier molecular flexibility index (Phi) is 1.93. The Balaban J connectivity index is 2.31. The highest BCUT2D eigenvalue weighted by Gasteiger charge is 2.25. The number of hydrogen-bond donors (Lipinski definition) is 1. The van der Waals surface area contributed by atoms with Crippen molar-refractivity contribution in [3.8, 4) is 0 Å². The zero-order chi connectivity index (χ0) is 8.55. The SMILES string of the molecule is CCc1cc2c(o1)CCC2CN. The Morgan fingerprint density at radius 3 is 3.17 bits per heavy atom. The molecule has 1 aliphatic rings. The van der Waals surface area contributed by atoms with E-state index in [1.807, 2.05) is 0 Å². The maximum atomic E-state index is 5.66. The fraction of sp³-hybridized carbons (Fsp3) is 0.600. The summed E-state index contributed by atoms with van der Waals surface area (Å²) in [5, 5.41) is 0. The minimum Gasteiger partial charge on any atom is -0.466 e. The Hall–Kier alpha value is -0.760. The third kappa shape index (κ3) is 1.07. The molecule has 0 aromatic carbocycles. The molecule has 1 aliphatic carbocycles. The van der Waals surface area contributed by atoms with Gasteiger partial charge >= 0.3 is 0 Å². The van der Waals surface area contributed by atoms with Crippen molar-refractivity contribution >= 4 is 0 Å². The maximum Gasteiger partial charge on any atom is 0.107 e. The molecule has 0 aliphatic heterocycles. The highest BCUT2D eigenvalue weighted by atomic mass is 16.3. The van der Waals surface area contributed by atoms with E-state index in [1.54, 1.807) is 0 Å². The molecule has 1 aromatic rings. The molecule has 2 nitrogen and oxygen atoms in total. The predicted octanol–water partition coefficient (Wildman–Crippen LogP) is 1.83. The number of nitrogens with two attached hydrogens (primary N) is 1. The minimum absolute atomic E-state index is 0.559. The summed E-state index contributed by atoms with van der Waals surface area (Å²) in [6.07, 6.45) is 3.25. The summed E-state index contributed by atoms with van der Waals surface area (Å²) in [7, 11) is 0. The van der Waals surface area contributed by atoms with Crippen LogP contribution in [0.15, 0.2) is 10.5 Å². The average molecular weight is 165 g/mol. The van der Waals surface area contributed by atoms with Crippen molar-refractivity contribution in [1.82, 2.24) is 0 Å². The van der Waals surface area contributed by atoms with Gasteiger partial charge < -0.3 is 10.2 Å². The lowest BCUT2D eigenvalue weighted by Crippen LogP contribution is -2.08. The molecule has 0 bridgehead atoms. The normalized spacial score (nSPS) is 21.3. The highest BCUT2D eigenvalue weighted by molar-refractivity contribution is 5.30. The zero-order valence-electron chi connectivity index (χ0n) is 7.47. The van der Waals surface area contributed by atoms with Crippen LogP contribution in [0, 0.1) is 0 Å². The van der Waals surface area contributed by atoms with Crippen molar-refractivity contribution in [2.75, 3.05) is 6.54 Å². The van der Waals surface area contributed by atoms with Gasteiger partial charge in [0, 0.05) is 18.8 Å². The summed E-state index contributed by atoms with van der Waals surface area (Å²) in [5.41, 5.74) is 7.03. The van der Waals surface area contributed by atoms with Crippen LogP contribution in [-0.4, -0.2) is 6.54 Å². The number of furan rings is 1. The van der Waals surface area contributed by atoms with Gasteiger partial charge in [-0.1, -0.05) is 6.92 Å². The van der Waals surface area contributed by atoms with Gasteiger partial charge in [-0.05, 0) is 24.6 Å². The molecule has 2 N–H and O–H groups in total. The van der Waals surface area contributed by atoms with Crippen LogP contribution in [0.4, 0.5) is 0 Å². The van der Waals surface area contributed by atoms with E-state index in [0.29, 0.717) is 5.92 Å². The lowest BCUT2D eigenvalue weighted by Gasteiger charge is -2.02. The van der Waals surface area contributed by atoms with E-state index in [1.165, 1.54) is 17.7 Å². The molecule has 2 heteroatoms. The van der Waals surface area contributed by atoms with Crippen LogP contribution in [0.3, 0.4) is 0 Å². The van der Waals surface area contributed by atoms with E-state index in [2.05, 4.69) is 13.0 Å². The Bertz CT molecular complexity index is 277. The van der Waals surface area contributed by atoms with Crippen LogP contribution in [-0.2, 0) is 12.8 Å². The molecular weight excluding hydrogens is 150 g/mol. The highest BCUT2D eigenvalue weighted by Crippen LogP contribution is 2.34. The van der Waals surface area contributed by atoms with E-state index in [0.717, 1.165) is 25.1 Å². The molecule has 0 radical (unpaired) electrons. The molecule has 0 amide bonds. The summed E-state index contributed by atoms with van der Waals surface area (Å²) < 4.78 is 5.65. The number of rotatable bonds is 2. The third-order valence-corrected chi connectivity index (χ3v) is 2.69. The van der Waals surface area contributed by atoms with Gasteiger partial charge in [0.2, 0.25) is 0 Å². The van der Waals surface area contributed by atoms with Crippen LogP contribution < -0.4 is 5.73 Å². The summed E-state index contributed by atoms with van der Waals surface area (Å²) in [4.78, 5) is 0. The molecule has 1 heterocycles. The van der Waals surface area contributed by atoms with Crippen molar-refractivity contribution in [3.05, 3.63) is 23.2 Å². The quantitative estimate of drug-likeness (QED) is 0.726. The topological polar surface area (TPSA) is 39.2 Å². The van der Waals surface area contributed by atoms with Crippen molar-refractivity contribution in [3.63, 3.8) is 0 Å². The molecule has 1 aromatic heterocycles. The van der Waals surface area contributed by atoms with E-state index in [4.69, 9.17) is 10.2 Å². The first-order valence-corrected chi connectivity index (χ1v) is 4.66. The standard InChI is InChI=1S/C10H15NO/c1-2-8-5-9-7(6-11)3-4-10(9)12-8/h5,7H,2-4,6,11H2,1H3. The van der Waals surface area contributed by atoms with Crippen LogP contribution in [0.25, 0.3) is 0 Å². The van der Waals surface area contributed by atoms with E-state index < -0.39 is 0 Å². The van der Waals surface area contributed by atoms with Crippen molar-refractivity contribution in [2.45, 2.75) is 32.1 Å². The molecule has 1 unspecified atom stereocenters. The third-order valence-electron chi connectivity index (χ3n) is 2.69. The lowest BCUT2D eigenvalue weighted by molar-refractivity contribution is 0.472. The van der Waals surface area contributed by atoms with Crippen molar-refractivity contribution in [1.29, 1.82) is 0 Å². The number of hydrogen-bond acceptors (Lipinski definition) is 2. The van der Waals surface area contributed by atoms with Crippen molar-refractivity contribution in [2.24, 2.45) is 5.73 Å². The first-order chi connectivity index (χ1) is 5.85.